The van der Waals surface area contributed by atoms with Crippen LogP contribution in [-0.2, 0) is 20.7 Å². The van der Waals surface area contributed by atoms with E-state index in [1.807, 2.05) is 0 Å². The summed E-state index contributed by atoms with van der Waals surface area (Å²) < 4.78 is 12.0. The SMILES string of the molecule is CC(=O)[C@]1(O)Cc2c(O)c3c(c(O)c2[C@@H](OC2CC(N=CN(C)C)C(O)C(C)O2)C1)C(=O)c1c(O)cccc1C3=O. The van der Waals surface area contributed by atoms with Gasteiger partial charge in [0.1, 0.15) is 29.0 Å². The molecule has 2 aromatic rings. The molecule has 6 atom stereocenters. The highest BCUT2D eigenvalue weighted by molar-refractivity contribution is 6.31. The Labute approximate surface area is 235 Å². The second-order valence-electron chi connectivity index (χ2n) is 11.1. The van der Waals surface area contributed by atoms with E-state index < -0.39 is 88.4 Å². The van der Waals surface area contributed by atoms with Crippen LogP contribution < -0.4 is 0 Å². The van der Waals surface area contributed by atoms with Crippen LogP contribution in [0.5, 0.6) is 17.2 Å². The standard InChI is InChI=1S/C29H32N2O10/c1-12-24(34)16(30-11-31(3)4)8-19(40-12)41-18-10-29(39,13(2)32)9-15-21(18)28(38)23-22(26(15)36)25(35)14-6-5-7-17(33)20(14)27(23)37/h5-7,11-12,16,18-19,24,33-34,36,38-39H,8-10H2,1-4H3/t12?,16?,18-,19?,24?,29-/m0/s1. The molecule has 12 heteroatoms. The van der Waals surface area contributed by atoms with Crippen LogP contribution in [0.1, 0.15) is 75.8 Å². The van der Waals surface area contributed by atoms with E-state index in [0.29, 0.717) is 0 Å². The monoisotopic (exact) mass is 568 g/mol. The first-order valence-corrected chi connectivity index (χ1v) is 13.2. The number of fused-ring (bicyclic) bond motifs is 3. The van der Waals surface area contributed by atoms with Crippen molar-refractivity contribution in [1.82, 2.24) is 4.90 Å². The summed E-state index contributed by atoms with van der Waals surface area (Å²) in [6.07, 6.45) is -3.14. The molecule has 0 amide bonds. The third-order valence-corrected chi connectivity index (χ3v) is 8.01. The number of aliphatic hydroxyl groups is 2. The first-order valence-electron chi connectivity index (χ1n) is 13.2. The van der Waals surface area contributed by atoms with E-state index in [2.05, 4.69) is 4.99 Å². The van der Waals surface area contributed by atoms with Crippen LogP contribution in [0, 0.1) is 0 Å². The van der Waals surface area contributed by atoms with Crippen molar-refractivity contribution in [3.8, 4) is 17.2 Å². The maximum absolute atomic E-state index is 13.5. The second-order valence-corrected chi connectivity index (χ2v) is 11.1. The highest BCUT2D eigenvalue weighted by Crippen LogP contribution is 2.52. The molecule has 1 saturated heterocycles. The van der Waals surface area contributed by atoms with Gasteiger partial charge in [0.2, 0.25) is 5.78 Å². The van der Waals surface area contributed by atoms with Gasteiger partial charge in [-0.15, -0.1) is 0 Å². The van der Waals surface area contributed by atoms with Crippen molar-refractivity contribution in [2.75, 3.05) is 14.1 Å². The highest BCUT2D eigenvalue weighted by atomic mass is 16.7. The summed E-state index contributed by atoms with van der Waals surface area (Å²) in [5, 5.41) is 55.1. The van der Waals surface area contributed by atoms with Gasteiger partial charge < -0.3 is 39.9 Å². The molecule has 4 unspecified atom stereocenters. The number of Topliss-reactive ketones (excluding diaryl/α,β-unsaturated/α-hetero) is 1. The Kier molecular flexibility index (Phi) is 7.14. The van der Waals surface area contributed by atoms with Gasteiger partial charge >= 0.3 is 0 Å². The Balaban J connectivity index is 1.62. The number of aliphatic imine (C=N–C) groups is 1. The summed E-state index contributed by atoms with van der Waals surface area (Å²) >= 11 is 0. The van der Waals surface area contributed by atoms with Crippen molar-refractivity contribution in [3.63, 3.8) is 0 Å². The molecule has 0 spiro atoms. The van der Waals surface area contributed by atoms with E-state index >= 15 is 0 Å². The summed E-state index contributed by atoms with van der Waals surface area (Å²) in [5.41, 5.74) is -3.70. The van der Waals surface area contributed by atoms with Gasteiger partial charge in [-0.3, -0.25) is 19.4 Å². The Hall–Kier alpha value is -3.84. The van der Waals surface area contributed by atoms with Crippen molar-refractivity contribution in [2.45, 2.75) is 69.4 Å². The first kappa shape index (κ1) is 28.7. The van der Waals surface area contributed by atoms with Crippen molar-refractivity contribution >= 4 is 23.7 Å². The molecule has 2 aliphatic carbocycles. The molecule has 0 radical (unpaired) electrons. The maximum Gasteiger partial charge on any atom is 0.202 e. The van der Waals surface area contributed by atoms with Gasteiger partial charge in [-0.25, -0.2) is 0 Å². The lowest BCUT2D eigenvalue weighted by Crippen LogP contribution is -2.49. The zero-order valence-electron chi connectivity index (χ0n) is 23.0. The predicted molar refractivity (Wildman–Crippen MR) is 143 cm³/mol. The third kappa shape index (κ3) is 4.66. The average molecular weight is 569 g/mol. The number of phenolic OH excluding ortho intramolecular Hbond substituents is 3. The van der Waals surface area contributed by atoms with Crippen molar-refractivity contribution in [1.29, 1.82) is 0 Å². The van der Waals surface area contributed by atoms with Gasteiger partial charge in [0.05, 0.1) is 41.3 Å². The molecule has 41 heavy (non-hydrogen) atoms. The summed E-state index contributed by atoms with van der Waals surface area (Å²) in [4.78, 5) is 45.6. The number of carbonyl (C=O) groups excluding carboxylic acids is 3. The molecular formula is C29H32N2O10. The molecule has 5 N–H and O–H groups in total. The lowest BCUT2D eigenvalue weighted by Gasteiger charge is -2.42. The Bertz CT molecular complexity index is 1480. The minimum atomic E-state index is -2.03. The van der Waals surface area contributed by atoms with Gasteiger partial charge in [-0.1, -0.05) is 12.1 Å². The van der Waals surface area contributed by atoms with Crippen molar-refractivity contribution < 1.29 is 49.4 Å². The molecule has 5 rings (SSSR count). The Morgan fingerprint density at radius 1 is 1.12 bits per heavy atom. The molecule has 3 aliphatic rings. The average Bonchev–Trinajstić information content (AvgIpc) is 2.89. The molecule has 1 heterocycles. The van der Waals surface area contributed by atoms with Crippen molar-refractivity contribution in [2.24, 2.45) is 4.99 Å². The molecule has 218 valence electrons. The number of phenols is 3. The fourth-order valence-corrected chi connectivity index (χ4v) is 5.81. The Morgan fingerprint density at radius 2 is 1.80 bits per heavy atom. The second kappa shape index (κ2) is 10.2. The smallest absolute Gasteiger partial charge is 0.202 e. The zero-order valence-corrected chi connectivity index (χ0v) is 23.0. The minimum Gasteiger partial charge on any atom is -0.507 e. The van der Waals surface area contributed by atoms with Crippen LogP contribution >= 0.6 is 0 Å². The topological polar surface area (TPSA) is 186 Å². The van der Waals surface area contributed by atoms with E-state index in [1.54, 1.807) is 32.3 Å². The third-order valence-electron chi connectivity index (χ3n) is 8.01. The summed E-state index contributed by atoms with van der Waals surface area (Å²) in [6.45, 7) is 2.81. The summed E-state index contributed by atoms with van der Waals surface area (Å²) in [7, 11) is 3.54. The van der Waals surface area contributed by atoms with E-state index in [1.165, 1.54) is 25.1 Å². The molecule has 0 aromatic heterocycles. The van der Waals surface area contributed by atoms with Crippen LogP contribution in [0.25, 0.3) is 0 Å². The van der Waals surface area contributed by atoms with Crippen LogP contribution in [0.4, 0.5) is 0 Å². The normalized spacial score (nSPS) is 29.2. The van der Waals surface area contributed by atoms with Crippen LogP contribution in [0.2, 0.25) is 0 Å². The molecule has 0 bridgehead atoms. The quantitative estimate of drug-likeness (QED) is 0.170. The number of ether oxygens (including phenoxy) is 2. The molecule has 2 aromatic carbocycles. The molecule has 1 aliphatic heterocycles. The van der Waals surface area contributed by atoms with Gasteiger partial charge in [0.25, 0.3) is 0 Å². The minimum absolute atomic E-state index is 0.0799. The molecule has 1 fully saturated rings. The highest BCUT2D eigenvalue weighted by Gasteiger charge is 2.49. The zero-order chi connectivity index (χ0) is 30.0. The first-order chi connectivity index (χ1) is 19.2. The molecule has 12 nitrogen and oxygen atoms in total. The molecule has 0 saturated carbocycles. The lowest BCUT2D eigenvalue weighted by molar-refractivity contribution is -0.246. The fourth-order valence-electron chi connectivity index (χ4n) is 5.81. The molecular weight excluding hydrogens is 536 g/mol. The van der Waals surface area contributed by atoms with E-state index in [0.717, 1.165) is 0 Å². The summed E-state index contributed by atoms with van der Waals surface area (Å²) in [5.74, 6) is -4.12. The van der Waals surface area contributed by atoms with Gasteiger partial charge in [-0.2, -0.15) is 0 Å². The van der Waals surface area contributed by atoms with Crippen molar-refractivity contribution in [3.05, 3.63) is 51.6 Å². The number of rotatable bonds is 5. The van der Waals surface area contributed by atoms with Crippen LogP contribution in [0.3, 0.4) is 0 Å². The van der Waals surface area contributed by atoms with Crippen LogP contribution in [0.15, 0.2) is 23.2 Å². The predicted octanol–water partition coefficient (Wildman–Crippen LogP) is 1.36. The number of benzene rings is 2. The number of ketones is 3. The van der Waals surface area contributed by atoms with Gasteiger partial charge in [0, 0.05) is 50.0 Å². The lowest BCUT2D eigenvalue weighted by atomic mass is 9.72. The fraction of sp³-hybridized carbons (Fsp3) is 0.448. The van der Waals surface area contributed by atoms with Gasteiger partial charge in [-0.05, 0) is 19.9 Å². The summed E-state index contributed by atoms with van der Waals surface area (Å²) in [6, 6.07) is 3.30. The number of carbonyl (C=O) groups is 3. The number of hydrogen-bond acceptors (Lipinski definition) is 11. The Morgan fingerprint density at radius 3 is 2.46 bits per heavy atom. The number of aromatic hydroxyl groups is 3. The number of hydrogen-bond donors (Lipinski definition) is 5. The number of nitrogens with zero attached hydrogens (tertiary/aromatic N) is 2. The van der Waals surface area contributed by atoms with E-state index in [4.69, 9.17) is 9.47 Å². The van der Waals surface area contributed by atoms with E-state index in [9.17, 15) is 39.9 Å². The van der Waals surface area contributed by atoms with Crippen LogP contribution in [-0.4, -0.2) is 98.4 Å². The van der Waals surface area contributed by atoms with E-state index in [-0.39, 0.29) is 35.1 Å². The number of aliphatic hydroxyl groups excluding tert-OH is 1. The van der Waals surface area contributed by atoms with Gasteiger partial charge in [0.15, 0.2) is 17.9 Å². The maximum atomic E-state index is 13.5. The largest absolute Gasteiger partial charge is 0.507 e.